The molecule has 0 aliphatic heterocycles. The molecule has 0 rings (SSSR count). The number of carbonyl (C=O) groups excluding carboxylic acids is 2. The van der Waals surface area contributed by atoms with E-state index in [0.29, 0.717) is 0 Å². The summed E-state index contributed by atoms with van der Waals surface area (Å²) >= 11 is 0. The number of imide groups is 1. The third-order valence-corrected chi connectivity index (χ3v) is 1.82. The molecule has 1 unspecified atom stereocenters. The van der Waals surface area contributed by atoms with Crippen molar-refractivity contribution in [2.75, 3.05) is 20.6 Å². The molecule has 0 fully saturated rings. The topological polar surface area (TPSA) is 85.2 Å². The predicted octanol–water partition coefficient (Wildman–Crippen LogP) is -0.714. The van der Waals surface area contributed by atoms with E-state index >= 15 is 0 Å². The molecule has 6 heteroatoms. The van der Waals surface area contributed by atoms with Gasteiger partial charge in [0.2, 0.25) is 5.91 Å². The van der Waals surface area contributed by atoms with Crippen molar-refractivity contribution in [1.82, 2.24) is 15.5 Å². The van der Waals surface area contributed by atoms with Gasteiger partial charge in [0.15, 0.2) is 0 Å². The quantitative estimate of drug-likeness (QED) is 0.586. The lowest BCUT2D eigenvalue weighted by atomic mass is 10.3. The molecule has 2 N–H and O–H groups in total. The average molecular weight is 198 g/mol. The number of hydrogen-bond acceptors (Lipinski definition) is 4. The van der Waals surface area contributed by atoms with Gasteiger partial charge in [-0.1, -0.05) is 0 Å². The molecule has 0 aromatic heterocycles. The van der Waals surface area contributed by atoms with Crippen LogP contribution >= 0.6 is 0 Å². The molecule has 0 aromatic carbocycles. The lowest BCUT2D eigenvalue weighted by molar-refractivity contribution is -0.124. The Morgan fingerprint density at radius 2 is 2.14 bits per heavy atom. The summed E-state index contributed by atoms with van der Waals surface area (Å²) in [7, 11) is 3.06. The van der Waals surface area contributed by atoms with Gasteiger partial charge in [0.1, 0.15) is 0 Å². The third kappa shape index (κ3) is 3.87. The highest BCUT2D eigenvalue weighted by Gasteiger charge is 2.18. The number of urea groups is 1. The fourth-order valence-electron chi connectivity index (χ4n) is 0.727. The Labute approximate surface area is 82.9 Å². The molecular weight excluding hydrogens is 184 g/mol. The van der Waals surface area contributed by atoms with E-state index in [1.54, 1.807) is 14.0 Å². The van der Waals surface area contributed by atoms with Crippen molar-refractivity contribution in [1.29, 1.82) is 5.26 Å². The number of nitrogens with zero attached hydrogens (tertiary/aromatic N) is 2. The maximum absolute atomic E-state index is 11.3. The number of likely N-dealkylation sites (N-methyl/N-ethyl adjacent to an activating group) is 1. The monoisotopic (exact) mass is 198 g/mol. The van der Waals surface area contributed by atoms with Gasteiger partial charge in [0, 0.05) is 7.05 Å². The molecule has 0 saturated heterocycles. The first-order valence-corrected chi connectivity index (χ1v) is 4.12. The van der Waals surface area contributed by atoms with E-state index < -0.39 is 18.0 Å². The number of amides is 3. The molecule has 0 aromatic rings. The van der Waals surface area contributed by atoms with Crippen molar-refractivity contribution in [2.24, 2.45) is 0 Å². The minimum atomic E-state index is -0.549. The zero-order valence-corrected chi connectivity index (χ0v) is 8.50. The molecule has 6 nitrogen and oxygen atoms in total. The maximum atomic E-state index is 11.3. The van der Waals surface area contributed by atoms with Crippen molar-refractivity contribution >= 4 is 11.9 Å². The smallest absolute Gasteiger partial charge is 0.321 e. The van der Waals surface area contributed by atoms with Crippen LogP contribution in [0.15, 0.2) is 0 Å². The fourth-order valence-corrected chi connectivity index (χ4v) is 0.727. The summed E-state index contributed by atoms with van der Waals surface area (Å²) in [6.45, 7) is 1.76. The third-order valence-electron chi connectivity index (χ3n) is 1.82. The second-order valence-corrected chi connectivity index (χ2v) is 2.82. The highest BCUT2D eigenvalue weighted by molar-refractivity contribution is 5.96. The largest absolute Gasteiger partial charge is 0.341 e. The summed E-state index contributed by atoms with van der Waals surface area (Å²) < 4.78 is 0. The van der Waals surface area contributed by atoms with E-state index in [2.05, 4.69) is 10.6 Å². The number of carbonyl (C=O) groups is 2. The number of nitrogens with one attached hydrogen (secondary N) is 2. The van der Waals surface area contributed by atoms with Crippen molar-refractivity contribution in [3.8, 4) is 6.07 Å². The lowest BCUT2D eigenvalue weighted by Crippen LogP contribution is -2.47. The second kappa shape index (κ2) is 5.94. The van der Waals surface area contributed by atoms with E-state index in [1.807, 2.05) is 6.07 Å². The van der Waals surface area contributed by atoms with Gasteiger partial charge >= 0.3 is 6.03 Å². The van der Waals surface area contributed by atoms with Crippen LogP contribution in [0, 0.1) is 11.3 Å². The van der Waals surface area contributed by atoms with Gasteiger partial charge in [-0.2, -0.15) is 5.26 Å². The minimum absolute atomic E-state index is 0.141. The van der Waals surface area contributed by atoms with Crippen LogP contribution in [0.2, 0.25) is 0 Å². The highest BCUT2D eigenvalue weighted by Crippen LogP contribution is 1.93. The summed E-state index contributed by atoms with van der Waals surface area (Å²) in [5.74, 6) is -0.429. The Kier molecular flexibility index (Phi) is 5.26. The van der Waals surface area contributed by atoms with Gasteiger partial charge < -0.3 is 5.32 Å². The van der Waals surface area contributed by atoms with Crippen LogP contribution in [0.25, 0.3) is 0 Å². The zero-order chi connectivity index (χ0) is 11.1. The normalized spacial score (nSPS) is 11.6. The maximum Gasteiger partial charge on any atom is 0.321 e. The van der Waals surface area contributed by atoms with Gasteiger partial charge in [0.25, 0.3) is 0 Å². The number of hydrogen-bond donors (Lipinski definition) is 2. The Morgan fingerprint density at radius 3 is 2.57 bits per heavy atom. The van der Waals surface area contributed by atoms with E-state index in [-0.39, 0.29) is 6.54 Å². The summed E-state index contributed by atoms with van der Waals surface area (Å²) in [6.07, 6.45) is 0. The molecule has 14 heavy (non-hydrogen) atoms. The van der Waals surface area contributed by atoms with Crippen LogP contribution in [0.4, 0.5) is 4.79 Å². The molecule has 3 amide bonds. The Balaban J connectivity index is 4.12. The van der Waals surface area contributed by atoms with Crippen molar-refractivity contribution < 1.29 is 9.59 Å². The molecule has 0 heterocycles. The van der Waals surface area contributed by atoms with Crippen LogP contribution in [-0.2, 0) is 4.79 Å². The summed E-state index contributed by atoms with van der Waals surface area (Å²) in [6, 6.07) is 0.860. The molecule has 1 atom stereocenters. The first-order chi connectivity index (χ1) is 6.52. The molecule has 0 aliphatic rings. The van der Waals surface area contributed by atoms with Crippen LogP contribution in [0.5, 0.6) is 0 Å². The second-order valence-electron chi connectivity index (χ2n) is 2.82. The van der Waals surface area contributed by atoms with Crippen LogP contribution < -0.4 is 10.6 Å². The summed E-state index contributed by atoms with van der Waals surface area (Å²) in [4.78, 5) is 23.6. The molecule has 0 radical (unpaired) electrons. The summed E-state index contributed by atoms with van der Waals surface area (Å²) in [5, 5.41) is 12.8. The van der Waals surface area contributed by atoms with Gasteiger partial charge in [-0.05, 0) is 14.0 Å². The standard InChI is InChI=1S/C8H14N4O2/c1-6(12(3)5-4-9)7(13)11-8(14)10-2/h6H,5H2,1-3H3,(H2,10,11,13,14). The molecule has 0 spiro atoms. The van der Waals surface area contributed by atoms with Crippen molar-refractivity contribution in [3.05, 3.63) is 0 Å². The van der Waals surface area contributed by atoms with Gasteiger partial charge in [-0.25, -0.2) is 4.79 Å². The Hall–Kier alpha value is -1.61. The van der Waals surface area contributed by atoms with Gasteiger partial charge in [-0.15, -0.1) is 0 Å². The van der Waals surface area contributed by atoms with E-state index in [4.69, 9.17) is 5.26 Å². The lowest BCUT2D eigenvalue weighted by Gasteiger charge is -2.20. The Morgan fingerprint density at radius 1 is 1.57 bits per heavy atom. The average Bonchev–Trinajstić information content (AvgIpc) is 2.16. The zero-order valence-electron chi connectivity index (χ0n) is 8.50. The molecule has 0 aliphatic carbocycles. The van der Waals surface area contributed by atoms with Crippen LogP contribution in [0.1, 0.15) is 6.92 Å². The predicted molar refractivity (Wildman–Crippen MR) is 50.3 cm³/mol. The van der Waals surface area contributed by atoms with Crippen LogP contribution in [0.3, 0.4) is 0 Å². The van der Waals surface area contributed by atoms with Gasteiger partial charge in [-0.3, -0.25) is 15.0 Å². The van der Waals surface area contributed by atoms with Crippen molar-refractivity contribution in [2.45, 2.75) is 13.0 Å². The minimum Gasteiger partial charge on any atom is -0.341 e. The summed E-state index contributed by atoms with van der Waals surface area (Å²) in [5.41, 5.74) is 0. The van der Waals surface area contributed by atoms with E-state index in [9.17, 15) is 9.59 Å². The first-order valence-electron chi connectivity index (χ1n) is 4.12. The molecule has 78 valence electrons. The number of rotatable bonds is 3. The Bertz CT molecular complexity index is 259. The van der Waals surface area contributed by atoms with Crippen molar-refractivity contribution in [3.63, 3.8) is 0 Å². The SMILES string of the molecule is CNC(=O)NC(=O)C(C)N(C)CC#N. The number of nitriles is 1. The molecule has 0 saturated carbocycles. The fraction of sp³-hybridized carbons (Fsp3) is 0.625. The highest BCUT2D eigenvalue weighted by atomic mass is 16.2. The van der Waals surface area contributed by atoms with Crippen LogP contribution in [-0.4, -0.2) is 43.5 Å². The van der Waals surface area contributed by atoms with Gasteiger partial charge in [0.05, 0.1) is 18.7 Å². The first kappa shape index (κ1) is 12.4. The molecular formula is C8H14N4O2. The van der Waals surface area contributed by atoms with E-state index in [1.165, 1.54) is 11.9 Å². The molecule has 0 bridgehead atoms. The van der Waals surface area contributed by atoms with E-state index in [0.717, 1.165) is 0 Å².